The highest BCUT2D eigenvalue weighted by molar-refractivity contribution is 5.82. The molecule has 2 fully saturated rings. The fourth-order valence-corrected chi connectivity index (χ4v) is 2.79. The lowest BCUT2D eigenvalue weighted by atomic mass is 9.85. The van der Waals surface area contributed by atoms with E-state index in [2.05, 4.69) is 10.6 Å². The Morgan fingerprint density at radius 2 is 2.00 bits per heavy atom. The van der Waals surface area contributed by atoms with Crippen LogP contribution in [0.5, 0.6) is 0 Å². The maximum absolute atomic E-state index is 11.9. The van der Waals surface area contributed by atoms with Crippen LogP contribution < -0.4 is 16.4 Å². The van der Waals surface area contributed by atoms with Gasteiger partial charge in [0.1, 0.15) is 0 Å². The van der Waals surface area contributed by atoms with Gasteiger partial charge in [0.15, 0.2) is 0 Å². The molecule has 1 aliphatic heterocycles. The molecule has 0 aromatic heterocycles. The van der Waals surface area contributed by atoms with Gasteiger partial charge in [-0.05, 0) is 38.6 Å². The molecule has 1 heterocycles. The zero-order chi connectivity index (χ0) is 12.3. The van der Waals surface area contributed by atoms with Crippen molar-refractivity contribution < 1.29 is 9.59 Å². The van der Waals surface area contributed by atoms with Crippen molar-refractivity contribution in [2.24, 2.45) is 11.7 Å². The molecule has 2 amide bonds. The molecule has 2 rings (SSSR count). The van der Waals surface area contributed by atoms with Crippen LogP contribution in [0.3, 0.4) is 0 Å². The number of carbonyl (C=O) groups excluding carboxylic acids is 2. The second-order valence-electron chi connectivity index (χ2n) is 5.12. The molecular formula is C12H21N3O2. The molecule has 0 aromatic carbocycles. The number of hydrogen-bond donors (Lipinski definition) is 3. The van der Waals surface area contributed by atoms with Crippen molar-refractivity contribution in [3.05, 3.63) is 0 Å². The fraction of sp³-hybridized carbons (Fsp3) is 0.833. The fourth-order valence-electron chi connectivity index (χ4n) is 2.79. The van der Waals surface area contributed by atoms with Crippen molar-refractivity contribution in [3.8, 4) is 0 Å². The van der Waals surface area contributed by atoms with Gasteiger partial charge in [-0.25, -0.2) is 0 Å². The molecule has 3 unspecified atom stereocenters. The second-order valence-corrected chi connectivity index (χ2v) is 5.12. The predicted molar refractivity (Wildman–Crippen MR) is 64.1 cm³/mol. The lowest BCUT2D eigenvalue weighted by Gasteiger charge is -2.28. The van der Waals surface area contributed by atoms with E-state index in [0.717, 1.165) is 38.6 Å². The SMILES string of the molecule is NC(=O)C1CCCC(NC(=O)C2CCCN2)C1. The Balaban J connectivity index is 1.81. The minimum atomic E-state index is -0.233. The normalized spacial score (nSPS) is 33.3. The Labute approximate surface area is 102 Å². The van der Waals surface area contributed by atoms with Gasteiger partial charge < -0.3 is 16.4 Å². The third-order valence-corrected chi connectivity index (χ3v) is 3.80. The summed E-state index contributed by atoms with van der Waals surface area (Å²) in [7, 11) is 0. The first-order valence-electron chi connectivity index (χ1n) is 6.50. The van der Waals surface area contributed by atoms with Crippen molar-refractivity contribution in [1.29, 1.82) is 0 Å². The van der Waals surface area contributed by atoms with Crippen LogP contribution in [0.4, 0.5) is 0 Å². The molecule has 1 saturated carbocycles. The molecule has 1 aliphatic carbocycles. The Hall–Kier alpha value is -1.10. The second kappa shape index (κ2) is 5.49. The van der Waals surface area contributed by atoms with Gasteiger partial charge in [-0.3, -0.25) is 9.59 Å². The summed E-state index contributed by atoms with van der Waals surface area (Å²) in [6.45, 7) is 0.923. The number of carbonyl (C=O) groups is 2. The highest BCUT2D eigenvalue weighted by Gasteiger charge is 2.29. The van der Waals surface area contributed by atoms with Crippen LogP contribution >= 0.6 is 0 Å². The van der Waals surface area contributed by atoms with E-state index in [1.54, 1.807) is 0 Å². The maximum atomic E-state index is 11.9. The van der Waals surface area contributed by atoms with E-state index < -0.39 is 0 Å². The predicted octanol–water partition coefficient (Wildman–Crippen LogP) is -0.101. The third kappa shape index (κ3) is 3.19. The summed E-state index contributed by atoms with van der Waals surface area (Å²) in [5.41, 5.74) is 5.32. The van der Waals surface area contributed by atoms with Crippen LogP contribution in [-0.2, 0) is 9.59 Å². The van der Waals surface area contributed by atoms with E-state index in [1.807, 2.05) is 0 Å². The molecule has 0 spiro atoms. The smallest absolute Gasteiger partial charge is 0.237 e. The lowest BCUT2D eigenvalue weighted by Crippen LogP contribution is -2.47. The quantitative estimate of drug-likeness (QED) is 0.643. The van der Waals surface area contributed by atoms with Gasteiger partial charge in [0.2, 0.25) is 11.8 Å². The first-order chi connectivity index (χ1) is 8.16. The number of primary amides is 1. The van der Waals surface area contributed by atoms with Gasteiger partial charge in [-0.2, -0.15) is 0 Å². The lowest BCUT2D eigenvalue weighted by molar-refractivity contribution is -0.126. The topological polar surface area (TPSA) is 84.2 Å². The first kappa shape index (κ1) is 12.4. The van der Waals surface area contributed by atoms with E-state index in [0.29, 0.717) is 6.42 Å². The van der Waals surface area contributed by atoms with Crippen molar-refractivity contribution in [1.82, 2.24) is 10.6 Å². The molecule has 5 nitrogen and oxygen atoms in total. The standard InChI is InChI=1S/C12H21N3O2/c13-11(16)8-3-1-4-9(7-8)15-12(17)10-5-2-6-14-10/h8-10,14H,1-7H2,(H2,13,16)(H,15,17). The average molecular weight is 239 g/mol. The van der Waals surface area contributed by atoms with Gasteiger partial charge in [0, 0.05) is 12.0 Å². The summed E-state index contributed by atoms with van der Waals surface area (Å²) in [6, 6.07) is 0.0834. The summed E-state index contributed by atoms with van der Waals surface area (Å²) in [5, 5.41) is 6.21. The summed E-state index contributed by atoms with van der Waals surface area (Å²) in [4.78, 5) is 23.0. The highest BCUT2D eigenvalue weighted by atomic mass is 16.2. The van der Waals surface area contributed by atoms with Crippen molar-refractivity contribution in [2.45, 2.75) is 50.6 Å². The molecule has 0 aromatic rings. The van der Waals surface area contributed by atoms with E-state index >= 15 is 0 Å². The largest absolute Gasteiger partial charge is 0.369 e. The van der Waals surface area contributed by atoms with E-state index in [1.165, 1.54) is 0 Å². The Morgan fingerprint density at radius 1 is 1.18 bits per heavy atom. The molecule has 96 valence electrons. The molecule has 0 bridgehead atoms. The molecule has 2 aliphatic rings. The minimum Gasteiger partial charge on any atom is -0.369 e. The summed E-state index contributed by atoms with van der Waals surface area (Å²) >= 11 is 0. The van der Waals surface area contributed by atoms with Crippen LogP contribution in [0.15, 0.2) is 0 Å². The number of nitrogens with one attached hydrogen (secondary N) is 2. The van der Waals surface area contributed by atoms with Gasteiger partial charge in [-0.1, -0.05) is 6.42 Å². The zero-order valence-electron chi connectivity index (χ0n) is 10.1. The van der Waals surface area contributed by atoms with E-state index in [4.69, 9.17) is 5.73 Å². The Bertz CT molecular complexity index is 300. The van der Waals surface area contributed by atoms with Crippen molar-refractivity contribution in [3.63, 3.8) is 0 Å². The Morgan fingerprint density at radius 3 is 2.65 bits per heavy atom. The molecule has 1 saturated heterocycles. The number of hydrogen-bond acceptors (Lipinski definition) is 3. The van der Waals surface area contributed by atoms with Crippen LogP contribution in [0.2, 0.25) is 0 Å². The number of nitrogens with two attached hydrogens (primary N) is 1. The summed E-state index contributed by atoms with van der Waals surface area (Å²) in [5.74, 6) is -0.217. The average Bonchev–Trinajstić information content (AvgIpc) is 2.82. The minimum absolute atomic E-state index is 0.0380. The molecule has 17 heavy (non-hydrogen) atoms. The van der Waals surface area contributed by atoms with Crippen LogP contribution in [0.25, 0.3) is 0 Å². The molecular weight excluding hydrogens is 218 g/mol. The highest BCUT2D eigenvalue weighted by Crippen LogP contribution is 2.24. The molecule has 3 atom stereocenters. The van der Waals surface area contributed by atoms with Gasteiger partial charge in [0.05, 0.1) is 6.04 Å². The van der Waals surface area contributed by atoms with Gasteiger partial charge >= 0.3 is 0 Å². The van der Waals surface area contributed by atoms with E-state index in [9.17, 15) is 9.59 Å². The first-order valence-corrected chi connectivity index (χ1v) is 6.50. The van der Waals surface area contributed by atoms with Gasteiger partial charge in [-0.15, -0.1) is 0 Å². The summed E-state index contributed by atoms with van der Waals surface area (Å²) in [6.07, 6.45) is 5.47. The zero-order valence-corrected chi connectivity index (χ0v) is 10.1. The summed E-state index contributed by atoms with van der Waals surface area (Å²) < 4.78 is 0. The van der Waals surface area contributed by atoms with Crippen molar-refractivity contribution >= 4 is 11.8 Å². The molecule has 0 radical (unpaired) electrons. The number of amides is 2. The maximum Gasteiger partial charge on any atom is 0.237 e. The Kier molecular flexibility index (Phi) is 3.99. The monoisotopic (exact) mass is 239 g/mol. The van der Waals surface area contributed by atoms with Crippen LogP contribution in [0.1, 0.15) is 38.5 Å². The third-order valence-electron chi connectivity index (χ3n) is 3.80. The van der Waals surface area contributed by atoms with Crippen LogP contribution in [-0.4, -0.2) is 30.4 Å². The number of rotatable bonds is 3. The molecule has 4 N–H and O–H groups in total. The van der Waals surface area contributed by atoms with Crippen molar-refractivity contribution in [2.75, 3.05) is 6.54 Å². The van der Waals surface area contributed by atoms with Gasteiger partial charge in [0.25, 0.3) is 0 Å². The van der Waals surface area contributed by atoms with Crippen LogP contribution in [0, 0.1) is 5.92 Å². The van der Waals surface area contributed by atoms with E-state index in [-0.39, 0.29) is 29.8 Å². The molecule has 5 heteroatoms.